The molecule has 0 atom stereocenters. The van der Waals surface area contributed by atoms with Crippen LogP contribution in [0.4, 0.5) is 0 Å². The molecule has 0 amide bonds. The number of pyridine rings is 1. The first-order chi connectivity index (χ1) is 15.5. The third-order valence-corrected chi connectivity index (χ3v) is 7.05. The maximum Gasteiger partial charge on any atom is 0.228 e. The lowest BCUT2D eigenvalue weighted by molar-refractivity contribution is -0.659. The first kappa shape index (κ1) is 19.3. The van der Waals surface area contributed by atoms with E-state index in [0.717, 1.165) is 17.9 Å². The van der Waals surface area contributed by atoms with Crippen LogP contribution in [-0.2, 0) is 13.5 Å². The molecule has 0 saturated carbocycles. The summed E-state index contributed by atoms with van der Waals surface area (Å²) in [7, 11) is 2.16. The molecule has 2 nitrogen and oxygen atoms in total. The van der Waals surface area contributed by atoms with E-state index in [1.165, 1.54) is 60.3 Å². The molecule has 0 unspecified atom stereocenters. The van der Waals surface area contributed by atoms with Crippen molar-refractivity contribution in [3.8, 4) is 22.8 Å². The van der Waals surface area contributed by atoms with E-state index in [1.54, 1.807) is 0 Å². The molecule has 0 aliphatic carbocycles. The van der Waals surface area contributed by atoms with Crippen LogP contribution in [0.25, 0.3) is 43.6 Å². The lowest BCUT2D eigenvalue weighted by Crippen LogP contribution is -2.32. The van der Waals surface area contributed by atoms with E-state index in [1.807, 2.05) is 0 Å². The largest absolute Gasteiger partial charge is 0.455 e. The van der Waals surface area contributed by atoms with Crippen LogP contribution < -0.4 is 9.30 Å². The number of ether oxygens (including phenoxy) is 1. The highest BCUT2D eigenvalue weighted by atomic mass is 16.5. The van der Waals surface area contributed by atoms with Crippen molar-refractivity contribution in [3.05, 3.63) is 77.5 Å². The molecule has 158 valence electrons. The molecule has 2 heterocycles. The van der Waals surface area contributed by atoms with Gasteiger partial charge in [-0.05, 0) is 64.9 Å². The summed E-state index contributed by atoms with van der Waals surface area (Å²) in [6.45, 7) is 9.01. The van der Waals surface area contributed by atoms with Crippen LogP contribution >= 0.6 is 0 Å². The van der Waals surface area contributed by atoms with E-state index in [9.17, 15) is 0 Å². The van der Waals surface area contributed by atoms with Crippen LogP contribution in [0.1, 0.15) is 30.5 Å². The summed E-state index contributed by atoms with van der Waals surface area (Å²) < 4.78 is 9.15. The Kier molecular flexibility index (Phi) is 4.10. The average molecular weight is 419 g/mol. The summed E-state index contributed by atoms with van der Waals surface area (Å²) in [5.74, 6) is 2.55. The van der Waals surface area contributed by atoms with Crippen molar-refractivity contribution < 1.29 is 9.30 Å². The summed E-state index contributed by atoms with van der Waals surface area (Å²) in [6, 6.07) is 19.9. The first-order valence-electron chi connectivity index (χ1n) is 11.5. The van der Waals surface area contributed by atoms with Crippen molar-refractivity contribution in [1.29, 1.82) is 0 Å². The Bertz CT molecular complexity index is 1580. The van der Waals surface area contributed by atoms with E-state index in [0.29, 0.717) is 5.92 Å². The lowest BCUT2D eigenvalue weighted by atomic mass is 9.85. The number of hydrogen-bond donors (Lipinski definition) is 0. The van der Waals surface area contributed by atoms with Gasteiger partial charge in [0.15, 0.2) is 6.20 Å². The Balaban J connectivity index is 1.84. The zero-order valence-corrected chi connectivity index (χ0v) is 19.4. The zero-order valence-electron chi connectivity index (χ0n) is 19.4. The van der Waals surface area contributed by atoms with Crippen molar-refractivity contribution in [2.75, 3.05) is 0 Å². The van der Waals surface area contributed by atoms with Gasteiger partial charge in [0, 0.05) is 17.0 Å². The van der Waals surface area contributed by atoms with Crippen molar-refractivity contribution >= 4 is 32.3 Å². The number of rotatable bonds is 2. The lowest BCUT2D eigenvalue weighted by Gasteiger charge is -2.26. The molecule has 1 aromatic heterocycles. The highest BCUT2D eigenvalue weighted by Crippen LogP contribution is 2.52. The topological polar surface area (TPSA) is 13.1 Å². The van der Waals surface area contributed by atoms with Gasteiger partial charge in [0.25, 0.3) is 0 Å². The maximum atomic E-state index is 6.88. The van der Waals surface area contributed by atoms with Gasteiger partial charge in [-0.3, -0.25) is 0 Å². The molecule has 5 aromatic rings. The molecule has 0 fully saturated rings. The van der Waals surface area contributed by atoms with E-state index < -0.39 is 0 Å². The fourth-order valence-corrected chi connectivity index (χ4v) is 5.58. The minimum Gasteiger partial charge on any atom is -0.455 e. The number of fused-ring (bicyclic) bond motifs is 5. The summed E-state index contributed by atoms with van der Waals surface area (Å²) in [6.07, 6.45) is 3.19. The molecule has 1 aliphatic rings. The van der Waals surface area contributed by atoms with Crippen molar-refractivity contribution in [2.45, 2.75) is 34.1 Å². The molecule has 32 heavy (non-hydrogen) atoms. The Labute approximate surface area is 189 Å². The number of aryl methyl sites for hydroxylation is 3. The summed E-state index contributed by atoms with van der Waals surface area (Å²) in [5, 5.41) is 7.67. The van der Waals surface area contributed by atoms with Crippen LogP contribution in [0.15, 0.2) is 60.8 Å². The highest BCUT2D eigenvalue weighted by Gasteiger charge is 2.33. The fraction of sp³-hybridized carbons (Fsp3) is 0.233. The van der Waals surface area contributed by atoms with Gasteiger partial charge in [-0.1, -0.05) is 56.3 Å². The average Bonchev–Trinajstić information content (AvgIpc) is 2.78. The molecule has 0 bridgehead atoms. The molecule has 2 heteroatoms. The molecule has 4 aromatic carbocycles. The predicted molar refractivity (Wildman–Crippen MR) is 134 cm³/mol. The van der Waals surface area contributed by atoms with Crippen molar-refractivity contribution in [1.82, 2.24) is 0 Å². The number of aromatic nitrogens is 1. The summed E-state index contributed by atoms with van der Waals surface area (Å²) in [4.78, 5) is 0. The second-order valence-corrected chi connectivity index (χ2v) is 9.66. The third-order valence-electron chi connectivity index (χ3n) is 7.05. The fourth-order valence-electron chi connectivity index (χ4n) is 5.58. The van der Waals surface area contributed by atoms with Gasteiger partial charge in [0.1, 0.15) is 18.5 Å². The number of benzene rings is 4. The number of nitrogens with zero attached hydrogens (tertiary/aromatic N) is 1. The van der Waals surface area contributed by atoms with E-state index in [4.69, 9.17) is 4.74 Å². The normalized spacial score (nSPS) is 12.6. The standard InChI is InChI=1S/C30H28NO/c1-17(2)15-25-21-11-7-6-10-20(21)19(4)27-29-28-23(13-14-31(29)5)22-12-8-9-18(3)24(22)16-26(28)32-30(25)27/h6-14,16-17H,15H2,1-5H3/q+1. The zero-order chi connectivity index (χ0) is 22.1. The van der Waals surface area contributed by atoms with E-state index >= 15 is 0 Å². The van der Waals surface area contributed by atoms with Gasteiger partial charge < -0.3 is 4.74 Å². The van der Waals surface area contributed by atoms with Crippen molar-refractivity contribution in [2.24, 2.45) is 13.0 Å². The van der Waals surface area contributed by atoms with Gasteiger partial charge in [0.2, 0.25) is 5.69 Å². The van der Waals surface area contributed by atoms with Crippen LogP contribution in [0, 0.1) is 19.8 Å². The van der Waals surface area contributed by atoms with E-state index in [2.05, 4.69) is 100 Å². The number of hydrogen-bond acceptors (Lipinski definition) is 1. The molecule has 0 saturated heterocycles. The maximum absolute atomic E-state index is 6.88. The summed E-state index contributed by atoms with van der Waals surface area (Å²) >= 11 is 0. The van der Waals surface area contributed by atoms with Gasteiger partial charge in [-0.15, -0.1) is 0 Å². The highest BCUT2D eigenvalue weighted by molar-refractivity contribution is 6.16. The van der Waals surface area contributed by atoms with Crippen LogP contribution in [0.5, 0.6) is 11.5 Å². The second kappa shape index (κ2) is 6.80. The Morgan fingerprint density at radius 1 is 0.844 bits per heavy atom. The van der Waals surface area contributed by atoms with Gasteiger partial charge in [-0.2, -0.15) is 0 Å². The first-order valence-corrected chi connectivity index (χ1v) is 11.5. The Morgan fingerprint density at radius 3 is 2.38 bits per heavy atom. The molecule has 0 radical (unpaired) electrons. The van der Waals surface area contributed by atoms with Gasteiger partial charge in [-0.25, -0.2) is 4.57 Å². The van der Waals surface area contributed by atoms with E-state index in [-0.39, 0.29) is 0 Å². The summed E-state index contributed by atoms with van der Waals surface area (Å²) in [5.41, 5.74) is 6.40. The molecular weight excluding hydrogens is 390 g/mol. The third kappa shape index (κ3) is 2.56. The molecule has 6 rings (SSSR count). The SMILES string of the molecule is Cc1c2c(c(CC(C)C)c3ccccc13)Oc1cc3c(C)cccc3c3cc[n+](C)c-2c13. The van der Waals surface area contributed by atoms with Crippen LogP contribution in [0.2, 0.25) is 0 Å². The van der Waals surface area contributed by atoms with Gasteiger partial charge in [0.05, 0.1) is 10.9 Å². The smallest absolute Gasteiger partial charge is 0.228 e. The van der Waals surface area contributed by atoms with Crippen LogP contribution in [-0.4, -0.2) is 0 Å². The monoisotopic (exact) mass is 418 g/mol. The minimum absolute atomic E-state index is 0.540. The molecular formula is C30H28NO+. The Morgan fingerprint density at radius 2 is 1.59 bits per heavy atom. The molecule has 1 aliphatic heterocycles. The minimum atomic E-state index is 0.540. The second-order valence-electron chi connectivity index (χ2n) is 9.66. The van der Waals surface area contributed by atoms with Crippen molar-refractivity contribution in [3.63, 3.8) is 0 Å². The predicted octanol–water partition coefficient (Wildman–Crippen LogP) is 7.56. The van der Waals surface area contributed by atoms with Gasteiger partial charge >= 0.3 is 0 Å². The quantitative estimate of drug-likeness (QED) is 0.209. The van der Waals surface area contributed by atoms with Crippen LogP contribution in [0.3, 0.4) is 0 Å². The molecule has 0 spiro atoms. The molecule has 0 N–H and O–H groups in total. The Hall–Kier alpha value is -3.39.